The number of nitrogens with zero attached hydrogens (tertiary/aromatic N) is 4. The van der Waals surface area contributed by atoms with Crippen LogP contribution in [-0.4, -0.2) is 117 Å². The molecule has 3 aliphatic rings. The highest BCUT2D eigenvalue weighted by Crippen LogP contribution is 2.44. The van der Waals surface area contributed by atoms with Crippen LogP contribution in [0.15, 0.2) is 96.2 Å². The summed E-state index contributed by atoms with van der Waals surface area (Å²) in [7, 11) is 1.97. The van der Waals surface area contributed by atoms with Crippen molar-refractivity contribution in [2.75, 3.05) is 45.6 Å². The quantitative estimate of drug-likeness (QED) is 0.179. The first-order chi connectivity index (χ1) is 26.2. The van der Waals surface area contributed by atoms with Crippen molar-refractivity contribution in [1.82, 2.24) is 19.6 Å². The molecule has 3 aliphatic heterocycles. The summed E-state index contributed by atoms with van der Waals surface area (Å²) in [6, 6.07) is 21.1. The molecule has 3 atom stereocenters. The Balaban J connectivity index is 1.34. The molecule has 3 heterocycles. The number of benzene rings is 3. The largest absolute Gasteiger partial charge is 0.508 e. The number of aromatic hydroxyl groups is 1. The van der Waals surface area contributed by atoms with Gasteiger partial charge in [0.1, 0.15) is 35.1 Å². The topological polar surface area (TPSA) is 172 Å². The second kappa shape index (κ2) is 16.6. The average Bonchev–Trinajstić information content (AvgIpc) is 3.17. The number of rotatable bonds is 9. The highest BCUT2D eigenvalue weighted by atomic mass is 32.2. The van der Waals surface area contributed by atoms with E-state index in [4.69, 9.17) is 19.9 Å². The van der Waals surface area contributed by atoms with Crippen molar-refractivity contribution in [2.45, 2.75) is 49.9 Å². The van der Waals surface area contributed by atoms with Crippen LogP contribution >= 0.6 is 11.8 Å². The van der Waals surface area contributed by atoms with Gasteiger partial charge in [-0.05, 0) is 56.6 Å². The van der Waals surface area contributed by atoms with Crippen molar-refractivity contribution in [3.8, 4) is 5.75 Å². The highest BCUT2D eigenvalue weighted by molar-refractivity contribution is 8.00. The Morgan fingerprint density at radius 3 is 2.04 bits per heavy atom. The molecule has 4 amide bonds. The van der Waals surface area contributed by atoms with Crippen LogP contribution in [0.1, 0.15) is 49.6 Å². The molecule has 290 valence electrons. The molecule has 0 aliphatic carbocycles. The zero-order chi connectivity index (χ0) is 39.4. The predicted molar refractivity (Wildman–Crippen MR) is 203 cm³/mol. The first-order valence-corrected chi connectivity index (χ1v) is 19.0. The Hall–Kier alpha value is -5.38. The third-order valence-electron chi connectivity index (χ3n) is 9.40. The molecular formula is C40H45N5O9S. The SMILES string of the molecule is CN1CCN(C(=O)OCC2=C(C(=O)OC(c3ccccc3)c3ccccc3)N3C(=O)C(N(C(=O)OC(C)(C)C)C(=O)[C@H](N)c4ccc(O)cc4)[C@H]3SC2)CC1. The fourth-order valence-corrected chi connectivity index (χ4v) is 7.84. The molecular weight excluding hydrogens is 727 g/mol. The summed E-state index contributed by atoms with van der Waals surface area (Å²) in [5, 5.41) is 8.86. The number of ether oxygens (including phenoxy) is 3. The lowest BCUT2D eigenvalue weighted by atomic mass is 9.98. The molecule has 3 aromatic rings. The van der Waals surface area contributed by atoms with Crippen LogP contribution in [0.2, 0.25) is 0 Å². The van der Waals surface area contributed by atoms with Crippen molar-refractivity contribution in [3.63, 3.8) is 0 Å². The minimum atomic E-state index is -1.40. The number of amides is 4. The molecule has 3 N–H and O–H groups in total. The Morgan fingerprint density at radius 1 is 0.891 bits per heavy atom. The van der Waals surface area contributed by atoms with Crippen LogP contribution in [0.3, 0.4) is 0 Å². The fraction of sp³-hybridized carbons (Fsp3) is 0.375. The number of nitrogens with two attached hydrogens (primary N) is 1. The number of phenolic OH excluding ortho intramolecular Hbond substituents is 1. The Morgan fingerprint density at radius 2 is 1.47 bits per heavy atom. The van der Waals surface area contributed by atoms with Gasteiger partial charge in [0.15, 0.2) is 12.1 Å². The number of esters is 1. The standard InChI is InChI=1S/C40H45N5O9S/c1-40(2,3)54-39(51)45(34(47)30(41)25-15-17-29(46)18-16-25)32-35(48)44-31(28(24-55-36(32)44)23-52-38(50)43-21-19-42(4)20-22-43)37(49)53-33(26-11-7-5-8-12-26)27-13-9-6-10-14-27/h5-18,30,32-33,36,46H,19-24,41H2,1-4H3/t30-,32?,36-/m1/s1. The van der Waals surface area contributed by atoms with Crippen LogP contribution in [0, 0.1) is 0 Å². The summed E-state index contributed by atoms with van der Waals surface area (Å²) in [4.78, 5) is 75.5. The van der Waals surface area contributed by atoms with Crippen molar-refractivity contribution in [2.24, 2.45) is 5.73 Å². The van der Waals surface area contributed by atoms with Gasteiger partial charge in [-0.1, -0.05) is 72.8 Å². The van der Waals surface area contributed by atoms with Crippen LogP contribution in [0.5, 0.6) is 5.75 Å². The molecule has 2 fully saturated rings. The summed E-state index contributed by atoms with van der Waals surface area (Å²) < 4.78 is 17.6. The number of imide groups is 1. The maximum atomic E-state index is 14.5. The summed E-state index contributed by atoms with van der Waals surface area (Å²) in [5.41, 5.74) is 7.19. The third-order valence-corrected chi connectivity index (χ3v) is 10.7. The van der Waals surface area contributed by atoms with Crippen molar-refractivity contribution < 1.29 is 43.3 Å². The number of hydrogen-bond donors (Lipinski definition) is 2. The maximum Gasteiger partial charge on any atom is 0.417 e. The van der Waals surface area contributed by atoms with E-state index in [9.17, 15) is 29.1 Å². The molecule has 1 unspecified atom stereocenters. The van der Waals surface area contributed by atoms with Gasteiger partial charge in [-0.2, -0.15) is 0 Å². The fourth-order valence-electron chi connectivity index (χ4n) is 6.47. The van der Waals surface area contributed by atoms with Crippen molar-refractivity contribution in [1.29, 1.82) is 0 Å². The van der Waals surface area contributed by atoms with E-state index in [1.165, 1.54) is 40.9 Å². The zero-order valence-corrected chi connectivity index (χ0v) is 31.9. The van der Waals surface area contributed by atoms with Gasteiger partial charge in [-0.3, -0.25) is 14.5 Å². The second-order valence-electron chi connectivity index (χ2n) is 14.5. The lowest BCUT2D eigenvalue weighted by Gasteiger charge is -2.52. The Kier molecular flexibility index (Phi) is 11.8. The smallest absolute Gasteiger partial charge is 0.417 e. The van der Waals surface area contributed by atoms with Gasteiger partial charge in [-0.25, -0.2) is 19.3 Å². The minimum Gasteiger partial charge on any atom is -0.508 e. The van der Waals surface area contributed by atoms with E-state index in [-0.39, 0.29) is 29.4 Å². The first kappa shape index (κ1) is 39.3. The number of carbonyl (C=O) groups is 5. The normalized spacial score (nSPS) is 19.3. The average molecular weight is 772 g/mol. The van der Waals surface area contributed by atoms with Crippen molar-refractivity contribution in [3.05, 3.63) is 113 Å². The van der Waals surface area contributed by atoms with Gasteiger partial charge in [0, 0.05) is 37.5 Å². The minimum absolute atomic E-state index is 0.0474. The number of fused-ring (bicyclic) bond motifs is 1. The molecule has 55 heavy (non-hydrogen) atoms. The van der Waals surface area contributed by atoms with Crippen LogP contribution in [0.4, 0.5) is 9.59 Å². The number of phenols is 1. The number of hydrogen-bond acceptors (Lipinski definition) is 12. The summed E-state index contributed by atoms with van der Waals surface area (Å²) in [5.74, 6) is -2.45. The second-order valence-corrected chi connectivity index (χ2v) is 15.6. The lowest BCUT2D eigenvalue weighted by molar-refractivity contribution is -0.161. The third kappa shape index (κ3) is 8.79. The molecule has 0 bridgehead atoms. The molecule has 3 aromatic carbocycles. The lowest BCUT2D eigenvalue weighted by Crippen LogP contribution is -2.73. The monoisotopic (exact) mass is 771 g/mol. The van der Waals surface area contributed by atoms with Crippen LogP contribution in [0.25, 0.3) is 0 Å². The molecule has 15 heteroatoms. The highest BCUT2D eigenvalue weighted by Gasteiger charge is 2.60. The van der Waals surface area contributed by atoms with E-state index >= 15 is 0 Å². The van der Waals surface area contributed by atoms with E-state index in [0.717, 1.165) is 4.90 Å². The molecule has 0 aromatic heterocycles. The predicted octanol–water partition coefficient (Wildman–Crippen LogP) is 4.41. The molecule has 2 saturated heterocycles. The molecule has 0 saturated carbocycles. The van der Waals surface area contributed by atoms with Crippen LogP contribution in [-0.2, 0) is 28.6 Å². The molecule has 6 rings (SSSR count). The van der Waals surface area contributed by atoms with E-state index in [1.807, 2.05) is 67.7 Å². The summed E-state index contributed by atoms with van der Waals surface area (Å²) in [6.45, 7) is 6.89. The van der Waals surface area contributed by atoms with Gasteiger partial charge in [0.25, 0.3) is 11.8 Å². The Labute approximate surface area is 323 Å². The Bertz CT molecular complexity index is 1890. The van der Waals surface area contributed by atoms with E-state index in [1.54, 1.807) is 25.7 Å². The molecule has 0 radical (unpaired) electrons. The van der Waals surface area contributed by atoms with E-state index in [0.29, 0.717) is 42.9 Å². The van der Waals surface area contributed by atoms with Gasteiger partial charge in [0.05, 0.1) is 0 Å². The molecule has 14 nitrogen and oxygen atoms in total. The van der Waals surface area contributed by atoms with Gasteiger partial charge >= 0.3 is 18.2 Å². The molecule has 0 spiro atoms. The summed E-state index contributed by atoms with van der Waals surface area (Å²) in [6.07, 6.45) is -2.50. The van der Waals surface area contributed by atoms with Crippen LogP contribution < -0.4 is 5.73 Å². The van der Waals surface area contributed by atoms with Gasteiger partial charge in [-0.15, -0.1) is 11.8 Å². The number of piperazine rings is 1. The number of carbonyl (C=O) groups excluding carboxylic acids is 5. The first-order valence-electron chi connectivity index (χ1n) is 17.9. The van der Waals surface area contributed by atoms with Crippen molar-refractivity contribution >= 4 is 41.7 Å². The number of β-lactam (4-membered cyclic amide) rings is 1. The van der Waals surface area contributed by atoms with Gasteiger partial charge < -0.3 is 34.9 Å². The number of thioether (sulfide) groups is 1. The number of likely N-dealkylation sites (N-methyl/N-ethyl adjacent to an activating group) is 1. The zero-order valence-electron chi connectivity index (χ0n) is 31.1. The van der Waals surface area contributed by atoms with E-state index in [2.05, 4.69) is 4.90 Å². The van der Waals surface area contributed by atoms with Gasteiger partial charge in [0.2, 0.25) is 0 Å². The van der Waals surface area contributed by atoms with E-state index < -0.39 is 59.1 Å². The summed E-state index contributed by atoms with van der Waals surface area (Å²) >= 11 is 1.20. The maximum absolute atomic E-state index is 14.5.